The normalized spacial score (nSPS) is 15.4. The van der Waals surface area contributed by atoms with E-state index >= 15 is 0 Å². The molecule has 0 bridgehead atoms. The minimum absolute atomic E-state index is 0.0168. The maximum absolute atomic E-state index is 13.5. The molecule has 4 aromatic rings. The van der Waals surface area contributed by atoms with Gasteiger partial charge in [0.25, 0.3) is 0 Å². The first-order valence-corrected chi connectivity index (χ1v) is 12.0. The Kier molecular flexibility index (Phi) is 6.63. The number of rotatable bonds is 7. The van der Waals surface area contributed by atoms with E-state index in [1.54, 1.807) is 7.11 Å². The summed E-state index contributed by atoms with van der Waals surface area (Å²) in [5, 5.41) is 1.17. The van der Waals surface area contributed by atoms with Crippen molar-refractivity contribution in [3.63, 3.8) is 0 Å². The van der Waals surface area contributed by atoms with Gasteiger partial charge in [-0.05, 0) is 34.9 Å². The first kappa shape index (κ1) is 22.2. The third-order valence-electron chi connectivity index (χ3n) is 6.87. The van der Waals surface area contributed by atoms with E-state index in [1.807, 2.05) is 29.2 Å². The topological polar surface area (TPSA) is 48.6 Å². The molecule has 0 saturated carbocycles. The van der Waals surface area contributed by atoms with E-state index in [2.05, 4.69) is 70.7 Å². The Labute approximate surface area is 201 Å². The summed E-state index contributed by atoms with van der Waals surface area (Å²) in [4.78, 5) is 21.3. The maximum atomic E-state index is 13.5. The molecule has 1 unspecified atom stereocenters. The predicted molar refractivity (Wildman–Crippen MR) is 136 cm³/mol. The van der Waals surface area contributed by atoms with Crippen LogP contribution in [0.2, 0.25) is 0 Å². The van der Waals surface area contributed by atoms with Crippen molar-refractivity contribution in [3.8, 4) is 5.75 Å². The molecule has 0 radical (unpaired) electrons. The van der Waals surface area contributed by atoms with Crippen LogP contribution < -0.4 is 4.74 Å². The van der Waals surface area contributed by atoms with Crippen LogP contribution >= 0.6 is 0 Å². The van der Waals surface area contributed by atoms with Crippen LogP contribution in [0.5, 0.6) is 5.75 Å². The van der Waals surface area contributed by atoms with Gasteiger partial charge in [-0.25, -0.2) is 0 Å². The number of ether oxygens (including phenoxy) is 1. The number of hydrogen-bond donors (Lipinski definition) is 1. The van der Waals surface area contributed by atoms with Crippen LogP contribution in [0.3, 0.4) is 0 Å². The summed E-state index contributed by atoms with van der Waals surface area (Å²) >= 11 is 0. The molecule has 1 saturated heterocycles. The molecular weight excluding hydrogens is 422 g/mol. The van der Waals surface area contributed by atoms with Gasteiger partial charge in [0.2, 0.25) is 5.91 Å². The van der Waals surface area contributed by atoms with Gasteiger partial charge in [-0.1, -0.05) is 60.7 Å². The molecule has 5 rings (SSSR count). The van der Waals surface area contributed by atoms with Gasteiger partial charge in [-0.3, -0.25) is 9.69 Å². The summed E-state index contributed by atoms with van der Waals surface area (Å²) < 4.78 is 5.35. The van der Waals surface area contributed by atoms with E-state index in [4.69, 9.17) is 4.74 Å². The molecule has 1 aliphatic rings. The molecule has 1 aromatic heterocycles. The lowest BCUT2D eigenvalue weighted by atomic mass is 9.87. The van der Waals surface area contributed by atoms with Crippen molar-refractivity contribution < 1.29 is 9.53 Å². The van der Waals surface area contributed by atoms with Gasteiger partial charge in [0.05, 0.1) is 7.11 Å². The van der Waals surface area contributed by atoms with Crippen molar-refractivity contribution in [2.75, 3.05) is 33.3 Å². The van der Waals surface area contributed by atoms with Gasteiger partial charge < -0.3 is 14.6 Å². The highest BCUT2D eigenvalue weighted by Gasteiger charge is 2.26. The molecule has 174 valence electrons. The highest BCUT2D eigenvalue weighted by Crippen LogP contribution is 2.34. The zero-order valence-electron chi connectivity index (χ0n) is 19.6. The van der Waals surface area contributed by atoms with E-state index in [0.717, 1.165) is 55.1 Å². The highest BCUT2D eigenvalue weighted by atomic mass is 16.5. The number of H-pyrrole nitrogens is 1. The smallest absolute Gasteiger partial charge is 0.223 e. The number of amides is 1. The molecule has 1 atom stereocenters. The fourth-order valence-electron chi connectivity index (χ4n) is 4.93. The van der Waals surface area contributed by atoms with E-state index in [1.165, 1.54) is 10.9 Å². The number of methoxy groups -OCH3 is 1. The number of para-hydroxylation sites is 1. The average Bonchev–Trinajstić information content (AvgIpc) is 3.32. The second-order valence-corrected chi connectivity index (χ2v) is 8.96. The van der Waals surface area contributed by atoms with Crippen LogP contribution in [0.25, 0.3) is 10.9 Å². The predicted octanol–water partition coefficient (Wildman–Crippen LogP) is 5.04. The molecule has 1 fully saturated rings. The summed E-state index contributed by atoms with van der Waals surface area (Å²) in [5.74, 6) is 1.02. The fourth-order valence-corrected chi connectivity index (χ4v) is 4.93. The van der Waals surface area contributed by atoms with E-state index in [9.17, 15) is 4.79 Å². The second kappa shape index (κ2) is 10.1. The van der Waals surface area contributed by atoms with Crippen molar-refractivity contribution in [1.29, 1.82) is 0 Å². The van der Waals surface area contributed by atoms with Crippen LogP contribution in [0.1, 0.15) is 29.0 Å². The maximum Gasteiger partial charge on any atom is 0.223 e. The van der Waals surface area contributed by atoms with Crippen LogP contribution in [0.15, 0.2) is 85.1 Å². The molecule has 2 heterocycles. The second-order valence-electron chi connectivity index (χ2n) is 8.96. The summed E-state index contributed by atoms with van der Waals surface area (Å²) in [7, 11) is 1.67. The molecular formula is C29H31N3O2. The average molecular weight is 454 g/mol. The lowest BCUT2D eigenvalue weighted by Gasteiger charge is -2.35. The monoisotopic (exact) mass is 453 g/mol. The number of aromatic amines is 1. The third-order valence-corrected chi connectivity index (χ3v) is 6.87. The molecule has 5 heteroatoms. The van der Waals surface area contributed by atoms with E-state index < -0.39 is 0 Å². The van der Waals surface area contributed by atoms with Gasteiger partial charge in [-0.15, -0.1) is 0 Å². The minimum Gasteiger partial charge on any atom is -0.497 e. The highest BCUT2D eigenvalue weighted by molar-refractivity contribution is 5.86. The number of hydrogen-bond acceptors (Lipinski definition) is 3. The van der Waals surface area contributed by atoms with Crippen LogP contribution in [0, 0.1) is 0 Å². The first-order chi connectivity index (χ1) is 16.7. The molecule has 0 aliphatic carbocycles. The van der Waals surface area contributed by atoms with Gasteiger partial charge in [0, 0.05) is 62.2 Å². The summed E-state index contributed by atoms with van der Waals surface area (Å²) in [5.41, 5.74) is 4.71. The number of piperazine rings is 1. The Bertz CT molecular complexity index is 1230. The molecule has 1 aliphatic heterocycles. The largest absolute Gasteiger partial charge is 0.497 e. The molecule has 3 aromatic carbocycles. The third kappa shape index (κ3) is 4.85. The zero-order chi connectivity index (χ0) is 23.3. The number of nitrogens with one attached hydrogen (secondary N) is 1. The number of carbonyl (C=O) groups excluding carboxylic acids is 1. The van der Waals surface area contributed by atoms with Gasteiger partial charge in [0.1, 0.15) is 5.75 Å². The SMILES string of the molecule is COc1ccc(C(CC(=O)N2CCN(Cc3ccccc3)CC2)c2c[nH]c3ccccc23)cc1. The molecule has 5 nitrogen and oxygen atoms in total. The zero-order valence-corrected chi connectivity index (χ0v) is 19.6. The van der Waals surface area contributed by atoms with Crippen molar-refractivity contribution in [1.82, 2.24) is 14.8 Å². The van der Waals surface area contributed by atoms with Gasteiger partial charge in [-0.2, -0.15) is 0 Å². The van der Waals surface area contributed by atoms with Crippen LogP contribution in [0.4, 0.5) is 0 Å². The summed E-state index contributed by atoms with van der Waals surface area (Å²) in [6.07, 6.45) is 2.51. The fraction of sp³-hybridized carbons (Fsp3) is 0.276. The molecule has 1 N–H and O–H groups in total. The summed E-state index contributed by atoms with van der Waals surface area (Å²) in [6, 6.07) is 27.0. The lowest BCUT2D eigenvalue weighted by Crippen LogP contribution is -2.48. The number of fused-ring (bicyclic) bond motifs is 1. The number of aromatic nitrogens is 1. The first-order valence-electron chi connectivity index (χ1n) is 12.0. The lowest BCUT2D eigenvalue weighted by molar-refractivity contribution is -0.133. The number of benzene rings is 3. The summed E-state index contributed by atoms with van der Waals surface area (Å²) in [6.45, 7) is 4.29. The Morgan fingerprint density at radius 1 is 0.912 bits per heavy atom. The quantitative estimate of drug-likeness (QED) is 0.426. The Morgan fingerprint density at radius 3 is 2.35 bits per heavy atom. The van der Waals surface area contributed by atoms with Crippen molar-refractivity contribution >= 4 is 16.8 Å². The van der Waals surface area contributed by atoms with Crippen molar-refractivity contribution in [2.45, 2.75) is 18.9 Å². The van der Waals surface area contributed by atoms with E-state index in [0.29, 0.717) is 6.42 Å². The van der Waals surface area contributed by atoms with Gasteiger partial charge in [0.15, 0.2) is 0 Å². The molecule has 0 spiro atoms. The standard InChI is InChI=1S/C29H31N3O2/c1-34-24-13-11-23(12-14-24)26(27-20-30-28-10-6-5-9-25(27)28)19-29(33)32-17-15-31(16-18-32)21-22-7-3-2-4-8-22/h2-14,20,26,30H,15-19,21H2,1H3. The Balaban J connectivity index is 1.31. The minimum atomic E-state index is -0.0168. The van der Waals surface area contributed by atoms with E-state index in [-0.39, 0.29) is 11.8 Å². The van der Waals surface area contributed by atoms with Crippen LogP contribution in [-0.2, 0) is 11.3 Å². The Hall–Kier alpha value is -3.57. The van der Waals surface area contributed by atoms with Crippen molar-refractivity contribution in [2.24, 2.45) is 0 Å². The molecule has 34 heavy (non-hydrogen) atoms. The van der Waals surface area contributed by atoms with Gasteiger partial charge >= 0.3 is 0 Å². The van der Waals surface area contributed by atoms with Crippen molar-refractivity contribution in [3.05, 3.63) is 102 Å². The number of nitrogens with zero attached hydrogens (tertiary/aromatic N) is 2. The Morgan fingerprint density at radius 2 is 1.62 bits per heavy atom. The van der Waals surface area contributed by atoms with Crippen LogP contribution in [-0.4, -0.2) is 54.0 Å². The molecule has 1 amide bonds. The number of carbonyl (C=O) groups is 1.